The maximum atomic E-state index is 5.99. The van der Waals surface area contributed by atoms with Crippen LogP contribution in [0.4, 0.5) is 0 Å². The second-order valence-corrected chi connectivity index (χ2v) is 5.64. The maximum absolute atomic E-state index is 5.99. The molecular weight excluding hydrogens is 255 g/mol. The molecule has 0 amide bonds. The highest BCUT2D eigenvalue weighted by Crippen LogP contribution is 2.20. The molecule has 1 aromatic carbocycles. The number of likely N-dealkylation sites (N-methyl/N-ethyl adjacent to an activating group) is 1. The second kappa shape index (κ2) is 6.05. The Bertz CT molecular complexity index is 355. The van der Waals surface area contributed by atoms with Crippen LogP contribution in [-0.4, -0.2) is 31.1 Å². The van der Waals surface area contributed by atoms with Crippen molar-refractivity contribution in [3.8, 4) is 0 Å². The summed E-state index contributed by atoms with van der Waals surface area (Å²) in [5.74, 6) is 0. The molecule has 2 nitrogen and oxygen atoms in total. The number of hydrogen-bond donors (Lipinski definition) is 1. The normalized spacial score (nSPS) is 20.1. The SMILES string of the molecule is CN(Cc1cc(Cl)cc(Cl)c1)CC1CCCN1. The maximum Gasteiger partial charge on any atom is 0.0424 e. The van der Waals surface area contributed by atoms with Crippen molar-refractivity contribution in [2.75, 3.05) is 20.1 Å². The van der Waals surface area contributed by atoms with E-state index in [4.69, 9.17) is 23.2 Å². The van der Waals surface area contributed by atoms with Crippen LogP contribution in [0.3, 0.4) is 0 Å². The molecule has 0 aliphatic carbocycles. The summed E-state index contributed by atoms with van der Waals surface area (Å²) in [4.78, 5) is 2.31. The van der Waals surface area contributed by atoms with Gasteiger partial charge in [-0.3, -0.25) is 0 Å². The average molecular weight is 273 g/mol. The summed E-state index contributed by atoms with van der Waals surface area (Å²) in [7, 11) is 2.13. The van der Waals surface area contributed by atoms with Crippen molar-refractivity contribution < 1.29 is 0 Å². The highest BCUT2D eigenvalue weighted by molar-refractivity contribution is 6.34. The van der Waals surface area contributed by atoms with Gasteiger partial charge in [-0.25, -0.2) is 0 Å². The average Bonchev–Trinajstić information content (AvgIpc) is 2.67. The molecule has 1 aromatic rings. The predicted molar refractivity (Wildman–Crippen MR) is 73.8 cm³/mol. The van der Waals surface area contributed by atoms with E-state index >= 15 is 0 Å². The zero-order chi connectivity index (χ0) is 12.3. The lowest BCUT2D eigenvalue weighted by Crippen LogP contribution is -2.34. The molecular formula is C13H18Cl2N2. The number of halogens is 2. The van der Waals surface area contributed by atoms with Gasteiger partial charge in [0.25, 0.3) is 0 Å². The number of nitrogens with one attached hydrogen (secondary N) is 1. The summed E-state index contributed by atoms with van der Waals surface area (Å²) >= 11 is 12.0. The Hall–Kier alpha value is -0.280. The van der Waals surface area contributed by atoms with Crippen LogP contribution in [0.2, 0.25) is 10.0 Å². The van der Waals surface area contributed by atoms with E-state index in [0.717, 1.165) is 19.6 Å². The van der Waals surface area contributed by atoms with Gasteiger partial charge in [-0.2, -0.15) is 0 Å². The third-order valence-electron chi connectivity index (χ3n) is 3.07. The Labute approximate surface area is 113 Å². The largest absolute Gasteiger partial charge is 0.313 e. The van der Waals surface area contributed by atoms with Crippen LogP contribution in [0.25, 0.3) is 0 Å². The molecule has 0 saturated carbocycles. The number of benzene rings is 1. The second-order valence-electron chi connectivity index (χ2n) is 4.77. The van der Waals surface area contributed by atoms with Gasteiger partial charge in [0.05, 0.1) is 0 Å². The number of hydrogen-bond acceptors (Lipinski definition) is 2. The topological polar surface area (TPSA) is 15.3 Å². The lowest BCUT2D eigenvalue weighted by atomic mass is 10.2. The first-order valence-electron chi connectivity index (χ1n) is 6.00. The first-order chi connectivity index (χ1) is 8.13. The van der Waals surface area contributed by atoms with Crippen LogP contribution in [-0.2, 0) is 6.54 Å². The molecule has 0 radical (unpaired) electrons. The van der Waals surface area contributed by atoms with E-state index in [2.05, 4.69) is 17.3 Å². The number of rotatable bonds is 4. The Kier molecular flexibility index (Phi) is 4.69. The van der Waals surface area contributed by atoms with E-state index in [1.54, 1.807) is 6.07 Å². The molecule has 1 saturated heterocycles. The smallest absolute Gasteiger partial charge is 0.0424 e. The van der Waals surface area contributed by atoms with Crippen LogP contribution < -0.4 is 5.32 Å². The Morgan fingerprint density at radius 1 is 1.29 bits per heavy atom. The van der Waals surface area contributed by atoms with Gasteiger partial charge in [0.1, 0.15) is 0 Å². The fourth-order valence-corrected chi connectivity index (χ4v) is 2.94. The lowest BCUT2D eigenvalue weighted by molar-refractivity contribution is 0.293. The molecule has 1 heterocycles. The predicted octanol–water partition coefficient (Wildman–Crippen LogP) is 3.18. The van der Waals surface area contributed by atoms with Gasteiger partial charge in [0.2, 0.25) is 0 Å². The van der Waals surface area contributed by atoms with E-state index < -0.39 is 0 Å². The van der Waals surface area contributed by atoms with E-state index in [0.29, 0.717) is 16.1 Å². The van der Waals surface area contributed by atoms with Gasteiger partial charge in [0, 0.05) is 29.2 Å². The van der Waals surface area contributed by atoms with Crippen molar-refractivity contribution in [2.45, 2.75) is 25.4 Å². The number of nitrogens with zero attached hydrogens (tertiary/aromatic N) is 1. The Morgan fingerprint density at radius 3 is 2.59 bits per heavy atom. The fraction of sp³-hybridized carbons (Fsp3) is 0.538. The molecule has 0 aromatic heterocycles. The Balaban J connectivity index is 1.90. The summed E-state index contributed by atoms with van der Waals surface area (Å²) in [5.41, 5.74) is 1.17. The summed E-state index contributed by atoms with van der Waals surface area (Å²) < 4.78 is 0. The van der Waals surface area contributed by atoms with Gasteiger partial charge >= 0.3 is 0 Å². The van der Waals surface area contributed by atoms with Crippen LogP contribution >= 0.6 is 23.2 Å². The monoisotopic (exact) mass is 272 g/mol. The molecule has 94 valence electrons. The van der Waals surface area contributed by atoms with Crippen molar-refractivity contribution >= 4 is 23.2 Å². The van der Waals surface area contributed by atoms with Gasteiger partial charge in [0.15, 0.2) is 0 Å². The van der Waals surface area contributed by atoms with Crippen molar-refractivity contribution in [3.63, 3.8) is 0 Å². The molecule has 17 heavy (non-hydrogen) atoms. The van der Waals surface area contributed by atoms with E-state index in [-0.39, 0.29) is 0 Å². The molecule has 1 atom stereocenters. The first kappa shape index (κ1) is 13.2. The van der Waals surface area contributed by atoms with Crippen molar-refractivity contribution in [1.82, 2.24) is 10.2 Å². The zero-order valence-corrected chi connectivity index (χ0v) is 11.6. The standard InChI is InChI=1S/C13H18Cl2N2/c1-17(9-13-3-2-4-16-13)8-10-5-11(14)7-12(15)6-10/h5-7,13,16H,2-4,8-9H2,1H3. The third-order valence-corrected chi connectivity index (χ3v) is 3.51. The van der Waals surface area contributed by atoms with E-state index in [1.165, 1.54) is 18.4 Å². The van der Waals surface area contributed by atoms with Gasteiger partial charge in [-0.1, -0.05) is 23.2 Å². The Morgan fingerprint density at radius 2 is 2.00 bits per heavy atom. The summed E-state index contributed by atoms with van der Waals surface area (Å²) in [6, 6.07) is 6.36. The summed E-state index contributed by atoms with van der Waals surface area (Å²) in [5, 5.41) is 4.92. The van der Waals surface area contributed by atoms with Crippen LogP contribution in [0.1, 0.15) is 18.4 Å². The van der Waals surface area contributed by atoms with Crippen molar-refractivity contribution in [1.29, 1.82) is 0 Å². The fourth-order valence-electron chi connectivity index (χ4n) is 2.37. The quantitative estimate of drug-likeness (QED) is 0.906. The van der Waals surface area contributed by atoms with Gasteiger partial charge in [-0.15, -0.1) is 0 Å². The molecule has 1 fully saturated rings. The summed E-state index contributed by atoms with van der Waals surface area (Å²) in [6.45, 7) is 3.12. The van der Waals surface area contributed by atoms with Gasteiger partial charge < -0.3 is 10.2 Å². The zero-order valence-electron chi connectivity index (χ0n) is 10.0. The highest BCUT2D eigenvalue weighted by atomic mass is 35.5. The van der Waals surface area contributed by atoms with E-state index in [1.807, 2.05) is 12.1 Å². The molecule has 2 rings (SSSR count). The molecule has 4 heteroatoms. The highest BCUT2D eigenvalue weighted by Gasteiger charge is 2.15. The minimum atomic E-state index is 0.634. The van der Waals surface area contributed by atoms with Crippen molar-refractivity contribution in [3.05, 3.63) is 33.8 Å². The van der Waals surface area contributed by atoms with Crippen LogP contribution in [0.15, 0.2) is 18.2 Å². The lowest BCUT2D eigenvalue weighted by Gasteiger charge is -2.21. The molecule has 0 bridgehead atoms. The first-order valence-corrected chi connectivity index (χ1v) is 6.76. The minimum Gasteiger partial charge on any atom is -0.313 e. The third kappa shape index (κ3) is 4.14. The van der Waals surface area contributed by atoms with E-state index in [9.17, 15) is 0 Å². The molecule has 1 aliphatic heterocycles. The van der Waals surface area contributed by atoms with Crippen molar-refractivity contribution in [2.24, 2.45) is 0 Å². The molecule has 0 spiro atoms. The summed E-state index contributed by atoms with van der Waals surface area (Å²) in [6.07, 6.45) is 2.57. The minimum absolute atomic E-state index is 0.634. The van der Waals surface area contributed by atoms with Gasteiger partial charge in [-0.05, 0) is 50.2 Å². The molecule has 1 N–H and O–H groups in total. The molecule has 1 unspecified atom stereocenters. The van der Waals surface area contributed by atoms with Crippen LogP contribution in [0.5, 0.6) is 0 Å². The molecule has 1 aliphatic rings. The van der Waals surface area contributed by atoms with Crippen LogP contribution in [0, 0.1) is 0 Å².